The Balaban J connectivity index is 0.000000392. The highest BCUT2D eigenvalue weighted by atomic mass is 32.1. The minimum atomic E-state index is -1.21. The summed E-state index contributed by atoms with van der Waals surface area (Å²) >= 11 is 2.67. The number of hydrogen-bond donors (Lipinski definition) is 5. The second kappa shape index (κ2) is 12.4. The molecule has 36 heavy (non-hydrogen) atoms. The SMILES string of the molecule is N#Cc1c(-c2ccoc2)cc(-c2cccs2)nc1OCc1ccc(C(=O)O)s1.NC(CO)(CO)CO. The zero-order chi connectivity index (χ0) is 26.1. The second-order valence-electron chi connectivity index (χ2n) is 7.53. The Morgan fingerprint density at radius 3 is 2.44 bits per heavy atom. The van der Waals surface area contributed by atoms with Crippen LogP contribution in [-0.4, -0.2) is 56.7 Å². The zero-order valence-corrected chi connectivity index (χ0v) is 20.5. The van der Waals surface area contributed by atoms with Gasteiger partial charge in [0.25, 0.3) is 0 Å². The van der Waals surface area contributed by atoms with Crippen LogP contribution >= 0.6 is 22.7 Å². The molecular formula is C24H23N3O7S2. The minimum absolute atomic E-state index is 0.123. The van der Waals surface area contributed by atoms with Crippen LogP contribution in [0.1, 0.15) is 20.1 Å². The number of thiophene rings is 2. The van der Waals surface area contributed by atoms with Crippen LogP contribution in [0.4, 0.5) is 0 Å². The van der Waals surface area contributed by atoms with Crippen molar-refractivity contribution >= 4 is 28.6 Å². The predicted molar refractivity (Wildman–Crippen MR) is 134 cm³/mol. The summed E-state index contributed by atoms with van der Waals surface area (Å²) in [6.07, 6.45) is 3.11. The monoisotopic (exact) mass is 529 g/mol. The summed E-state index contributed by atoms with van der Waals surface area (Å²) in [6.45, 7) is -1.08. The molecular weight excluding hydrogens is 506 g/mol. The maximum atomic E-state index is 11.0. The Bertz CT molecular complexity index is 1300. The van der Waals surface area contributed by atoms with Crippen molar-refractivity contribution in [3.8, 4) is 33.6 Å². The van der Waals surface area contributed by atoms with E-state index >= 15 is 0 Å². The van der Waals surface area contributed by atoms with E-state index in [4.69, 9.17) is 35.3 Å². The molecule has 12 heteroatoms. The lowest BCUT2D eigenvalue weighted by Crippen LogP contribution is -2.50. The molecule has 0 saturated carbocycles. The van der Waals surface area contributed by atoms with Crippen LogP contribution in [0.15, 0.2) is 58.7 Å². The molecule has 0 spiro atoms. The molecule has 0 saturated heterocycles. The van der Waals surface area contributed by atoms with E-state index in [1.165, 1.54) is 17.4 Å². The molecule has 0 radical (unpaired) electrons. The zero-order valence-electron chi connectivity index (χ0n) is 18.8. The molecule has 4 rings (SSSR count). The van der Waals surface area contributed by atoms with Crippen molar-refractivity contribution in [1.29, 1.82) is 5.26 Å². The van der Waals surface area contributed by atoms with E-state index in [1.54, 1.807) is 24.7 Å². The van der Waals surface area contributed by atoms with Crippen LogP contribution in [0.5, 0.6) is 5.88 Å². The van der Waals surface area contributed by atoms with E-state index < -0.39 is 31.3 Å². The number of ether oxygens (including phenoxy) is 1. The van der Waals surface area contributed by atoms with Gasteiger partial charge in [-0.15, -0.1) is 22.7 Å². The van der Waals surface area contributed by atoms with Crippen molar-refractivity contribution < 1.29 is 34.4 Å². The van der Waals surface area contributed by atoms with E-state index in [0.717, 1.165) is 26.7 Å². The summed E-state index contributed by atoms with van der Waals surface area (Å²) < 4.78 is 11.0. The lowest BCUT2D eigenvalue weighted by molar-refractivity contribution is 0.0694. The molecule has 0 aliphatic heterocycles. The summed E-state index contributed by atoms with van der Waals surface area (Å²) in [4.78, 5) is 17.5. The second-order valence-corrected chi connectivity index (χ2v) is 9.65. The molecule has 4 aromatic rings. The average molecular weight is 530 g/mol. The summed E-state index contributed by atoms with van der Waals surface area (Å²) in [5.74, 6) is -0.774. The first-order valence-electron chi connectivity index (χ1n) is 10.4. The van der Waals surface area contributed by atoms with Gasteiger partial charge < -0.3 is 35.3 Å². The smallest absolute Gasteiger partial charge is 0.345 e. The van der Waals surface area contributed by atoms with Crippen LogP contribution in [0.2, 0.25) is 0 Å². The number of aromatic carboxylic acids is 1. The Hall–Kier alpha value is -3.57. The Labute approximate surface area is 214 Å². The molecule has 0 atom stereocenters. The molecule has 6 N–H and O–H groups in total. The topological polar surface area (TPSA) is 183 Å². The largest absolute Gasteiger partial charge is 0.477 e. The number of nitriles is 1. The quantitative estimate of drug-likeness (QED) is 0.216. The molecule has 0 aliphatic carbocycles. The molecule has 0 amide bonds. The number of aliphatic hydroxyl groups is 3. The Morgan fingerprint density at radius 2 is 1.94 bits per heavy atom. The van der Waals surface area contributed by atoms with Crippen molar-refractivity contribution in [2.24, 2.45) is 5.73 Å². The fourth-order valence-corrected chi connectivity index (χ4v) is 4.24. The number of nitrogens with zero attached hydrogens (tertiary/aromatic N) is 2. The van der Waals surface area contributed by atoms with Crippen molar-refractivity contribution in [3.05, 3.63) is 69.6 Å². The number of aliphatic hydroxyl groups excluding tert-OH is 3. The van der Waals surface area contributed by atoms with E-state index in [1.807, 2.05) is 23.6 Å². The average Bonchev–Trinajstić information content (AvgIpc) is 3.69. The van der Waals surface area contributed by atoms with Gasteiger partial charge in [0.2, 0.25) is 5.88 Å². The van der Waals surface area contributed by atoms with Crippen molar-refractivity contribution in [1.82, 2.24) is 4.98 Å². The third-order valence-corrected chi connectivity index (χ3v) is 6.81. The summed E-state index contributed by atoms with van der Waals surface area (Å²) in [6, 6.07) is 12.9. The first kappa shape index (κ1) is 27.0. The van der Waals surface area contributed by atoms with Crippen LogP contribution < -0.4 is 10.5 Å². The highest BCUT2D eigenvalue weighted by Crippen LogP contribution is 2.35. The third kappa shape index (κ3) is 6.55. The summed E-state index contributed by atoms with van der Waals surface area (Å²) in [5.41, 5.74) is 6.36. The number of hydrogen-bond acceptors (Lipinski definition) is 11. The molecule has 4 heterocycles. The van der Waals surface area contributed by atoms with Crippen molar-refractivity contribution in [2.45, 2.75) is 12.1 Å². The van der Waals surface area contributed by atoms with Gasteiger partial charge in [-0.05, 0) is 35.7 Å². The highest BCUT2D eigenvalue weighted by molar-refractivity contribution is 7.14. The van der Waals surface area contributed by atoms with Crippen LogP contribution in [0.25, 0.3) is 21.7 Å². The van der Waals surface area contributed by atoms with E-state index in [0.29, 0.717) is 16.8 Å². The molecule has 188 valence electrons. The fraction of sp³-hybridized carbons (Fsp3) is 0.208. The molecule has 0 aromatic carbocycles. The van der Waals surface area contributed by atoms with Gasteiger partial charge in [0.1, 0.15) is 23.1 Å². The standard InChI is InChI=1S/C20H12N2O4S2.C4H11NO3/c21-9-15-14(12-5-6-25-10-12)8-16(17-2-1-7-27-17)22-19(15)26-11-13-3-4-18(28-13)20(23)24;5-4(1-6,2-7)3-8/h1-8,10H,11H2,(H,23,24);6-8H,1-3,5H2. The number of carboxylic acid groups (broad SMARTS) is 1. The number of pyridine rings is 1. The minimum Gasteiger partial charge on any atom is -0.477 e. The van der Waals surface area contributed by atoms with Crippen LogP contribution in [0, 0.1) is 11.3 Å². The van der Waals surface area contributed by atoms with Gasteiger partial charge in [0, 0.05) is 16.0 Å². The van der Waals surface area contributed by atoms with Gasteiger partial charge in [0.15, 0.2) is 0 Å². The number of nitrogens with two attached hydrogens (primary N) is 1. The number of carbonyl (C=O) groups is 1. The molecule has 0 bridgehead atoms. The fourth-order valence-electron chi connectivity index (χ4n) is 2.79. The first-order valence-corrected chi connectivity index (χ1v) is 12.1. The third-order valence-electron chi connectivity index (χ3n) is 4.87. The van der Waals surface area contributed by atoms with Crippen molar-refractivity contribution in [2.75, 3.05) is 19.8 Å². The van der Waals surface area contributed by atoms with Gasteiger partial charge in [-0.3, -0.25) is 0 Å². The van der Waals surface area contributed by atoms with Gasteiger partial charge in [-0.1, -0.05) is 6.07 Å². The van der Waals surface area contributed by atoms with Crippen LogP contribution in [0.3, 0.4) is 0 Å². The lowest BCUT2D eigenvalue weighted by atomic mass is 10.0. The number of carboxylic acids is 1. The molecule has 0 aliphatic rings. The number of furan rings is 1. The maximum absolute atomic E-state index is 11.0. The summed E-state index contributed by atoms with van der Waals surface area (Å²) in [7, 11) is 0. The van der Waals surface area contributed by atoms with E-state index in [-0.39, 0.29) is 17.4 Å². The molecule has 4 aromatic heterocycles. The van der Waals surface area contributed by atoms with Crippen molar-refractivity contribution in [3.63, 3.8) is 0 Å². The number of aromatic nitrogens is 1. The molecule has 10 nitrogen and oxygen atoms in total. The van der Waals surface area contributed by atoms with Crippen LogP contribution in [-0.2, 0) is 6.61 Å². The molecule has 0 unspecified atom stereocenters. The first-order chi connectivity index (χ1) is 17.3. The van der Waals surface area contributed by atoms with Gasteiger partial charge in [0.05, 0.1) is 48.5 Å². The van der Waals surface area contributed by atoms with E-state index in [2.05, 4.69) is 11.1 Å². The normalized spacial score (nSPS) is 10.9. The van der Waals surface area contributed by atoms with Gasteiger partial charge >= 0.3 is 5.97 Å². The predicted octanol–water partition coefficient (Wildman–Crippen LogP) is 2.94. The summed E-state index contributed by atoms with van der Waals surface area (Å²) in [5, 5.41) is 45.7. The Kier molecular flexibility index (Phi) is 9.31. The lowest BCUT2D eigenvalue weighted by Gasteiger charge is -2.20. The maximum Gasteiger partial charge on any atom is 0.345 e. The molecule has 0 fully saturated rings. The highest BCUT2D eigenvalue weighted by Gasteiger charge is 2.21. The van der Waals surface area contributed by atoms with E-state index in [9.17, 15) is 10.1 Å². The Morgan fingerprint density at radius 1 is 1.19 bits per heavy atom. The number of rotatable bonds is 9. The van der Waals surface area contributed by atoms with Gasteiger partial charge in [-0.25, -0.2) is 9.78 Å². The van der Waals surface area contributed by atoms with Gasteiger partial charge in [-0.2, -0.15) is 5.26 Å².